The molecule has 0 amide bonds. The number of ether oxygens (including phenoxy) is 2. The van der Waals surface area contributed by atoms with Gasteiger partial charge in [0.1, 0.15) is 0 Å². The average Bonchev–Trinajstić information content (AvgIpc) is 2.52. The molecule has 1 fully saturated rings. The summed E-state index contributed by atoms with van der Waals surface area (Å²) >= 11 is 0. The first-order valence-electron chi connectivity index (χ1n) is 8.98. The van der Waals surface area contributed by atoms with Crippen molar-refractivity contribution in [3.05, 3.63) is 35.9 Å². The fraction of sp³-hybridized carbons (Fsp3) is 0.700. The first-order chi connectivity index (χ1) is 10.8. The number of benzene rings is 1. The minimum Gasteiger partial charge on any atom is -0.380 e. The van der Waals surface area contributed by atoms with Gasteiger partial charge >= 0.3 is 0 Å². The highest BCUT2D eigenvalue weighted by atomic mass is 16.5. The van der Waals surface area contributed by atoms with Crippen molar-refractivity contribution in [1.82, 2.24) is 0 Å². The summed E-state index contributed by atoms with van der Waals surface area (Å²) in [5.74, 6) is 0. The third kappa shape index (κ3) is 6.93. The van der Waals surface area contributed by atoms with E-state index < -0.39 is 0 Å². The maximum absolute atomic E-state index is 5.71. The van der Waals surface area contributed by atoms with Crippen molar-refractivity contribution in [3.8, 4) is 0 Å². The third-order valence-corrected chi connectivity index (χ3v) is 4.58. The van der Waals surface area contributed by atoms with Gasteiger partial charge in [-0.05, 0) is 18.4 Å². The Balaban J connectivity index is 1.31. The van der Waals surface area contributed by atoms with Crippen LogP contribution in [0.5, 0.6) is 0 Å². The smallest absolute Gasteiger partial charge is 0.0716 e. The molecule has 2 nitrogen and oxygen atoms in total. The minimum absolute atomic E-state index is 0.510. The van der Waals surface area contributed by atoms with E-state index in [0.29, 0.717) is 5.41 Å². The maximum Gasteiger partial charge on any atom is 0.0716 e. The molecule has 0 saturated carbocycles. The Kier molecular flexibility index (Phi) is 7.96. The highest BCUT2D eigenvalue weighted by Crippen LogP contribution is 2.32. The average molecular weight is 304 g/mol. The molecule has 0 aromatic heterocycles. The van der Waals surface area contributed by atoms with E-state index in [2.05, 4.69) is 31.2 Å². The molecule has 1 saturated heterocycles. The van der Waals surface area contributed by atoms with Crippen LogP contribution in [0, 0.1) is 5.41 Å². The van der Waals surface area contributed by atoms with Gasteiger partial charge in [0, 0.05) is 12.0 Å². The van der Waals surface area contributed by atoms with Crippen LogP contribution in [0.25, 0.3) is 0 Å². The van der Waals surface area contributed by atoms with E-state index in [1.165, 1.54) is 56.9 Å². The van der Waals surface area contributed by atoms with Gasteiger partial charge in [-0.1, -0.05) is 75.8 Å². The van der Waals surface area contributed by atoms with Gasteiger partial charge < -0.3 is 9.47 Å². The lowest BCUT2D eigenvalue weighted by atomic mass is 9.83. The van der Waals surface area contributed by atoms with Crippen molar-refractivity contribution in [1.29, 1.82) is 0 Å². The second-order valence-electron chi connectivity index (χ2n) is 7.07. The Morgan fingerprint density at radius 2 is 1.55 bits per heavy atom. The molecule has 0 aliphatic carbocycles. The molecule has 1 aromatic carbocycles. The first kappa shape index (κ1) is 17.5. The predicted molar refractivity (Wildman–Crippen MR) is 92.0 cm³/mol. The van der Waals surface area contributed by atoms with Crippen LogP contribution in [0.1, 0.15) is 63.9 Å². The molecule has 2 rings (SSSR count). The molecule has 0 unspecified atom stereocenters. The van der Waals surface area contributed by atoms with Crippen molar-refractivity contribution in [3.63, 3.8) is 0 Å². The van der Waals surface area contributed by atoms with Crippen molar-refractivity contribution in [2.75, 3.05) is 19.8 Å². The van der Waals surface area contributed by atoms with E-state index in [1.54, 1.807) is 0 Å². The van der Waals surface area contributed by atoms with Gasteiger partial charge in [-0.2, -0.15) is 0 Å². The number of unbranched alkanes of at least 4 members (excludes halogenated alkanes) is 6. The summed E-state index contributed by atoms with van der Waals surface area (Å²) < 4.78 is 11.0. The van der Waals surface area contributed by atoms with Crippen LogP contribution in [-0.4, -0.2) is 19.8 Å². The molecule has 22 heavy (non-hydrogen) atoms. The summed E-state index contributed by atoms with van der Waals surface area (Å²) in [4.78, 5) is 0. The van der Waals surface area contributed by atoms with Crippen molar-refractivity contribution in [2.24, 2.45) is 5.41 Å². The molecular weight excluding hydrogens is 272 g/mol. The summed E-state index contributed by atoms with van der Waals surface area (Å²) in [6.45, 7) is 5.97. The molecule has 1 aliphatic heterocycles. The Morgan fingerprint density at radius 1 is 0.909 bits per heavy atom. The summed E-state index contributed by atoms with van der Waals surface area (Å²) in [6.07, 6.45) is 10.7. The molecule has 1 aliphatic rings. The molecule has 0 bridgehead atoms. The summed E-state index contributed by atoms with van der Waals surface area (Å²) in [6, 6.07) is 10.4. The zero-order valence-electron chi connectivity index (χ0n) is 14.2. The monoisotopic (exact) mass is 304 g/mol. The molecule has 1 heterocycles. The van der Waals surface area contributed by atoms with Crippen molar-refractivity contribution in [2.45, 2.75) is 64.9 Å². The second-order valence-corrected chi connectivity index (χ2v) is 7.07. The van der Waals surface area contributed by atoms with Gasteiger partial charge in [-0.15, -0.1) is 0 Å². The lowest BCUT2D eigenvalue weighted by Gasteiger charge is -2.38. The Hall–Kier alpha value is -0.860. The van der Waals surface area contributed by atoms with Crippen LogP contribution < -0.4 is 0 Å². The molecule has 0 N–H and O–H groups in total. The van der Waals surface area contributed by atoms with E-state index in [4.69, 9.17) is 9.47 Å². The van der Waals surface area contributed by atoms with Crippen molar-refractivity contribution < 1.29 is 9.47 Å². The van der Waals surface area contributed by atoms with E-state index in [0.717, 1.165) is 26.4 Å². The van der Waals surface area contributed by atoms with Gasteiger partial charge in [0.05, 0.1) is 19.8 Å². The molecule has 0 spiro atoms. The highest BCUT2D eigenvalue weighted by molar-refractivity contribution is 5.13. The fourth-order valence-corrected chi connectivity index (χ4v) is 3.00. The van der Waals surface area contributed by atoms with E-state index in [9.17, 15) is 0 Å². The SMILES string of the molecule is CC1(CCCCCCCCCOCc2ccccc2)COC1. The summed E-state index contributed by atoms with van der Waals surface area (Å²) in [5, 5.41) is 0. The first-order valence-corrected chi connectivity index (χ1v) is 8.98. The molecule has 0 radical (unpaired) electrons. The van der Waals surface area contributed by atoms with E-state index >= 15 is 0 Å². The minimum atomic E-state index is 0.510. The van der Waals surface area contributed by atoms with Crippen LogP contribution >= 0.6 is 0 Å². The third-order valence-electron chi connectivity index (χ3n) is 4.58. The summed E-state index contributed by atoms with van der Waals surface area (Å²) in [7, 11) is 0. The summed E-state index contributed by atoms with van der Waals surface area (Å²) in [5.41, 5.74) is 1.78. The van der Waals surface area contributed by atoms with Crippen molar-refractivity contribution >= 4 is 0 Å². The Labute approximate surface area is 136 Å². The normalized spacial score (nSPS) is 16.4. The zero-order valence-corrected chi connectivity index (χ0v) is 14.2. The quantitative estimate of drug-likeness (QED) is 0.484. The topological polar surface area (TPSA) is 18.5 Å². The Bertz CT molecular complexity index is 384. The molecule has 1 aromatic rings. The predicted octanol–water partition coefficient (Wildman–Crippen LogP) is 5.36. The van der Waals surface area contributed by atoms with Gasteiger partial charge in [0.2, 0.25) is 0 Å². The largest absolute Gasteiger partial charge is 0.380 e. The lowest BCUT2D eigenvalue weighted by molar-refractivity contribution is -0.106. The van der Waals surface area contributed by atoms with Gasteiger partial charge in [0.25, 0.3) is 0 Å². The van der Waals surface area contributed by atoms with Crippen LogP contribution in [0.4, 0.5) is 0 Å². The van der Waals surface area contributed by atoms with Crippen LogP contribution in [-0.2, 0) is 16.1 Å². The molecular formula is C20H32O2. The standard InChI is InChI=1S/C20H32O2/c1-20(17-22-18-20)14-10-5-3-2-4-6-11-15-21-16-19-12-8-7-9-13-19/h7-9,12-13H,2-6,10-11,14-18H2,1H3. The Morgan fingerprint density at radius 3 is 2.18 bits per heavy atom. The van der Waals surface area contributed by atoms with E-state index in [1.807, 2.05) is 6.07 Å². The van der Waals surface area contributed by atoms with Crippen LogP contribution in [0.3, 0.4) is 0 Å². The van der Waals surface area contributed by atoms with Crippen LogP contribution in [0.15, 0.2) is 30.3 Å². The highest BCUT2D eigenvalue weighted by Gasteiger charge is 2.32. The van der Waals surface area contributed by atoms with Gasteiger partial charge in [-0.25, -0.2) is 0 Å². The second kappa shape index (κ2) is 10.0. The van der Waals surface area contributed by atoms with Gasteiger partial charge in [-0.3, -0.25) is 0 Å². The number of rotatable bonds is 12. The fourth-order valence-electron chi connectivity index (χ4n) is 3.00. The van der Waals surface area contributed by atoms with E-state index in [-0.39, 0.29) is 0 Å². The number of hydrogen-bond donors (Lipinski definition) is 0. The van der Waals surface area contributed by atoms with Gasteiger partial charge in [0.15, 0.2) is 0 Å². The number of hydrogen-bond acceptors (Lipinski definition) is 2. The lowest BCUT2D eigenvalue weighted by Crippen LogP contribution is -2.39. The molecule has 0 atom stereocenters. The zero-order chi connectivity index (χ0) is 15.5. The van der Waals surface area contributed by atoms with Crippen LogP contribution in [0.2, 0.25) is 0 Å². The maximum atomic E-state index is 5.71. The molecule has 124 valence electrons. The molecule has 2 heteroatoms.